The van der Waals surface area contributed by atoms with Crippen molar-refractivity contribution in [1.82, 2.24) is 14.9 Å². The Kier molecular flexibility index (Phi) is 5.81. The number of hydrogen-bond donors (Lipinski definition) is 1. The lowest BCUT2D eigenvalue weighted by Crippen LogP contribution is -2.30. The molecule has 0 saturated heterocycles. The van der Waals surface area contributed by atoms with Gasteiger partial charge in [-0.25, -0.2) is 9.37 Å². The van der Waals surface area contributed by atoms with Crippen molar-refractivity contribution in [2.45, 2.75) is 25.9 Å². The highest BCUT2D eigenvalue weighted by atomic mass is 35.5. The Morgan fingerprint density at radius 3 is 2.43 bits per heavy atom. The van der Waals surface area contributed by atoms with E-state index < -0.39 is 0 Å². The number of nitrogens with one attached hydrogen (secondary N) is 1. The van der Waals surface area contributed by atoms with Crippen molar-refractivity contribution in [2.24, 2.45) is 0 Å². The highest BCUT2D eigenvalue weighted by molar-refractivity contribution is 6.30. The zero-order chi connectivity index (χ0) is 21.1. The number of hydrogen-bond acceptors (Lipinski definition) is 2. The molecule has 0 radical (unpaired) electrons. The minimum Gasteiger partial charge on any atom is -0.346 e. The highest BCUT2D eigenvalue weighted by Gasteiger charge is 2.19. The van der Waals surface area contributed by atoms with E-state index in [4.69, 9.17) is 16.6 Å². The summed E-state index contributed by atoms with van der Waals surface area (Å²) >= 11 is 5.91. The van der Waals surface area contributed by atoms with Crippen LogP contribution in [-0.4, -0.2) is 15.5 Å². The number of benzene rings is 3. The van der Waals surface area contributed by atoms with Crippen molar-refractivity contribution in [3.63, 3.8) is 0 Å². The van der Waals surface area contributed by atoms with E-state index in [2.05, 4.69) is 9.88 Å². The van der Waals surface area contributed by atoms with Crippen molar-refractivity contribution in [1.29, 1.82) is 0 Å². The molecular formula is C24H21ClFN3O. The van der Waals surface area contributed by atoms with Crippen LogP contribution in [-0.2, 0) is 17.8 Å². The summed E-state index contributed by atoms with van der Waals surface area (Å²) in [6.45, 7) is 2.45. The molecule has 1 aromatic heterocycles. The molecule has 0 spiro atoms. The van der Waals surface area contributed by atoms with Crippen LogP contribution in [0.4, 0.5) is 4.39 Å². The summed E-state index contributed by atoms with van der Waals surface area (Å²) in [6.07, 6.45) is 0.264. The van der Waals surface area contributed by atoms with Crippen molar-refractivity contribution in [3.8, 4) is 0 Å². The molecule has 1 N–H and O–H groups in total. The Hall–Kier alpha value is -3.18. The third-order valence-electron chi connectivity index (χ3n) is 4.98. The number of rotatable bonds is 6. The van der Waals surface area contributed by atoms with Gasteiger partial charge in [-0.05, 0) is 54.4 Å². The van der Waals surface area contributed by atoms with Crippen LogP contribution in [0.1, 0.15) is 29.9 Å². The molecule has 0 aliphatic rings. The highest BCUT2D eigenvalue weighted by Crippen LogP contribution is 2.22. The lowest BCUT2D eigenvalue weighted by molar-refractivity contribution is -0.121. The first-order valence-corrected chi connectivity index (χ1v) is 10.1. The average molecular weight is 422 g/mol. The molecule has 0 saturated carbocycles. The zero-order valence-corrected chi connectivity index (χ0v) is 17.2. The van der Waals surface area contributed by atoms with Crippen LogP contribution in [0, 0.1) is 5.82 Å². The van der Waals surface area contributed by atoms with Crippen LogP contribution in [0.5, 0.6) is 0 Å². The molecule has 4 nitrogen and oxygen atoms in total. The van der Waals surface area contributed by atoms with Gasteiger partial charge < -0.3 is 9.88 Å². The van der Waals surface area contributed by atoms with Crippen molar-refractivity contribution in [3.05, 3.63) is 101 Å². The van der Waals surface area contributed by atoms with Crippen LogP contribution >= 0.6 is 11.6 Å². The average Bonchev–Trinajstić information content (AvgIpc) is 3.10. The molecule has 6 heteroatoms. The molecule has 3 aromatic carbocycles. The summed E-state index contributed by atoms with van der Waals surface area (Å²) in [5.74, 6) is 0.396. The van der Waals surface area contributed by atoms with E-state index in [1.807, 2.05) is 43.3 Å². The number of fused-ring (bicyclic) bond motifs is 1. The SMILES string of the molecule is CC(NC(=O)Cc1ccc(Cl)cc1)c1nc2ccccc2n1Cc1ccc(F)cc1. The van der Waals surface area contributed by atoms with Crippen molar-refractivity contribution >= 4 is 28.5 Å². The molecule has 1 unspecified atom stereocenters. The van der Waals surface area contributed by atoms with Crippen molar-refractivity contribution < 1.29 is 9.18 Å². The lowest BCUT2D eigenvalue weighted by atomic mass is 10.1. The first-order chi connectivity index (χ1) is 14.5. The predicted octanol–water partition coefficient (Wildman–Crippen LogP) is 5.30. The van der Waals surface area contributed by atoms with E-state index in [1.165, 1.54) is 12.1 Å². The van der Waals surface area contributed by atoms with Gasteiger partial charge in [0, 0.05) is 11.6 Å². The van der Waals surface area contributed by atoms with E-state index in [-0.39, 0.29) is 24.2 Å². The number of aromatic nitrogens is 2. The summed E-state index contributed by atoms with van der Waals surface area (Å²) < 4.78 is 15.4. The first kappa shape index (κ1) is 20.1. The smallest absolute Gasteiger partial charge is 0.224 e. The van der Waals surface area contributed by atoms with Crippen LogP contribution in [0.15, 0.2) is 72.8 Å². The fraction of sp³-hybridized carbons (Fsp3) is 0.167. The molecule has 0 aliphatic carbocycles. The Labute approximate surface area is 179 Å². The summed E-state index contributed by atoms with van der Waals surface area (Å²) in [7, 11) is 0. The lowest BCUT2D eigenvalue weighted by Gasteiger charge is -2.17. The second kappa shape index (κ2) is 8.67. The zero-order valence-electron chi connectivity index (χ0n) is 16.5. The fourth-order valence-corrected chi connectivity index (χ4v) is 3.63. The minimum absolute atomic E-state index is 0.0924. The standard InChI is InChI=1S/C24H21ClFN3O/c1-16(27-23(30)14-17-6-10-19(25)11-7-17)24-28-21-4-2-3-5-22(21)29(24)15-18-8-12-20(26)13-9-18/h2-13,16H,14-15H2,1H3,(H,27,30). The summed E-state index contributed by atoms with van der Waals surface area (Å²) in [5, 5.41) is 3.68. The topological polar surface area (TPSA) is 46.9 Å². The van der Waals surface area contributed by atoms with Crippen LogP contribution in [0.25, 0.3) is 11.0 Å². The monoisotopic (exact) mass is 421 g/mol. The van der Waals surface area contributed by atoms with Crippen molar-refractivity contribution in [2.75, 3.05) is 0 Å². The second-order valence-corrected chi connectivity index (χ2v) is 7.70. The Balaban J connectivity index is 1.58. The molecule has 4 aromatic rings. The molecule has 4 rings (SSSR count). The van der Waals surface area contributed by atoms with E-state index in [0.29, 0.717) is 11.6 Å². The number of carbonyl (C=O) groups excluding carboxylic acids is 1. The molecule has 1 amide bonds. The quantitative estimate of drug-likeness (QED) is 0.459. The predicted molar refractivity (Wildman–Crippen MR) is 117 cm³/mol. The van der Waals surface area contributed by atoms with E-state index in [0.717, 1.165) is 28.0 Å². The normalized spacial score (nSPS) is 12.1. The van der Waals surface area contributed by atoms with Gasteiger partial charge in [0.15, 0.2) is 0 Å². The third-order valence-corrected chi connectivity index (χ3v) is 5.23. The number of carbonyl (C=O) groups is 1. The maximum Gasteiger partial charge on any atom is 0.224 e. The maximum absolute atomic E-state index is 13.3. The molecule has 1 heterocycles. The van der Waals surface area contributed by atoms with Gasteiger partial charge in [-0.1, -0.05) is 48.0 Å². The summed E-state index contributed by atoms with van der Waals surface area (Å²) in [6, 6.07) is 21.2. The number of nitrogens with zero attached hydrogens (tertiary/aromatic N) is 2. The fourth-order valence-electron chi connectivity index (χ4n) is 3.51. The van der Waals surface area contributed by atoms with E-state index in [9.17, 15) is 9.18 Å². The molecular weight excluding hydrogens is 401 g/mol. The van der Waals surface area contributed by atoms with Gasteiger partial charge in [0.2, 0.25) is 5.91 Å². The summed E-state index contributed by atoms with van der Waals surface area (Å²) in [4.78, 5) is 17.3. The van der Waals surface area contributed by atoms with Gasteiger partial charge in [0.25, 0.3) is 0 Å². The molecule has 30 heavy (non-hydrogen) atoms. The van der Waals surface area contributed by atoms with Gasteiger partial charge >= 0.3 is 0 Å². The number of para-hydroxylation sites is 2. The second-order valence-electron chi connectivity index (χ2n) is 7.26. The Morgan fingerprint density at radius 2 is 1.70 bits per heavy atom. The largest absolute Gasteiger partial charge is 0.346 e. The first-order valence-electron chi connectivity index (χ1n) is 9.73. The van der Waals surface area contributed by atoms with Gasteiger partial charge in [-0.3, -0.25) is 4.79 Å². The molecule has 0 bridgehead atoms. The van der Waals surface area contributed by atoms with Gasteiger partial charge in [0.1, 0.15) is 11.6 Å². The number of halogens is 2. The molecule has 152 valence electrons. The van der Waals surface area contributed by atoms with Gasteiger partial charge in [0.05, 0.1) is 23.5 Å². The van der Waals surface area contributed by atoms with Crippen LogP contribution in [0.2, 0.25) is 5.02 Å². The molecule has 0 aliphatic heterocycles. The van der Waals surface area contributed by atoms with E-state index in [1.54, 1.807) is 24.3 Å². The number of imidazole rings is 1. The van der Waals surface area contributed by atoms with Gasteiger partial charge in [-0.2, -0.15) is 0 Å². The summed E-state index contributed by atoms with van der Waals surface area (Å²) in [5.41, 5.74) is 3.67. The Morgan fingerprint density at radius 1 is 1.03 bits per heavy atom. The molecule has 0 fully saturated rings. The van der Waals surface area contributed by atoms with E-state index >= 15 is 0 Å². The Bertz CT molecular complexity index is 1170. The third kappa shape index (κ3) is 4.52. The maximum atomic E-state index is 13.3. The number of amides is 1. The van der Waals surface area contributed by atoms with Gasteiger partial charge in [-0.15, -0.1) is 0 Å². The van der Waals surface area contributed by atoms with Crippen LogP contribution in [0.3, 0.4) is 0 Å². The minimum atomic E-state index is -0.294. The van der Waals surface area contributed by atoms with Crippen LogP contribution < -0.4 is 5.32 Å². The molecule has 1 atom stereocenters.